The number of halogens is 1. The molecule has 5 rings (SSSR count). The minimum Gasteiger partial charge on any atom is -0.367 e. The van der Waals surface area contributed by atoms with Gasteiger partial charge in [0, 0.05) is 41.8 Å². The van der Waals surface area contributed by atoms with Crippen LogP contribution in [-0.2, 0) is 13.0 Å². The molecule has 0 aliphatic carbocycles. The van der Waals surface area contributed by atoms with Crippen molar-refractivity contribution in [3.63, 3.8) is 0 Å². The molecule has 0 bridgehead atoms. The Labute approximate surface area is 151 Å². The second-order valence-corrected chi connectivity index (χ2v) is 7.08. The van der Waals surface area contributed by atoms with Crippen LogP contribution < -0.4 is 10.2 Å². The van der Waals surface area contributed by atoms with Crippen molar-refractivity contribution in [3.05, 3.63) is 84.1 Å². The summed E-state index contributed by atoms with van der Waals surface area (Å²) in [6.07, 6.45) is 6.61. The molecule has 0 unspecified atom stereocenters. The van der Waals surface area contributed by atoms with Gasteiger partial charge in [-0.15, -0.1) is 0 Å². The average Bonchev–Trinajstić information content (AvgIpc) is 3.22. The first-order chi connectivity index (χ1) is 12.6. The molecule has 2 aliphatic heterocycles. The van der Waals surface area contributed by atoms with E-state index in [9.17, 15) is 4.39 Å². The lowest BCUT2D eigenvalue weighted by Gasteiger charge is -2.39. The van der Waals surface area contributed by atoms with Crippen molar-refractivity contribution in [2.24, 2.45) is 0 Å². The number of hydrogen-bond acceptors (Lipinski definition) is 3. The zero-order chi connectivity index (χ0) is 17.7. The Bertz CT molecular complexity index is 1020. The predicted octanol–water partition coefficient (Wildman–Crippen LogP) is 3.89. The summed E-state index contributed by atoms with van der Waals surface area (Å²) >= 11 is 0. The molecule has 130 valence electrons. The molecule has 3 aromatic rings. The number of nitrogens with one attached hydrogen (secondary N) is 1. The summed E-state index contributed by atoms with van der Waals surface area (Å²) in [7, 11) is 0. The molecule has 3 heterocycles. The van der Waals surface area contributed by atoms with E-state index in [1.165, 1.54) is 17.2 Å². The van der Waals surface area contributed by atoms with Gasteiger partial charge in [0.2, 0.25) is 0 Å². The number of nitrogens with zero attached hydrogens (tertiary/aromatic N) is 3. The minimum atomic E-state index is -0.315. The Morgan fingerprint density at radius 2 is 2.00 bits per heavy atom. The van der Waals surface area contributed by atoms with Crippen LogP contribution in [0.1, 0.15) is 18.1 Å². The lowest BCUT2D eigenvalue weighted by atomic mass is 9.93. The Morgan fingerprint density at radius 1 is 1.12 bits per heavy atom. The fourth-order valence-electron chi connectivity index (χ4n) is 4.07. The normalized spacial score (nSPS) is 20.6. The predicted molar refractivity (Wildman–Crippen MR) is 100 cm³/mol. The highest BCUT2D eigenvalue weighted by Gasteiger charge is 2.36. The van der Waals surface area contributed by atoms with Gasteiger partial charge in [-0.1, -0.05) is 24.3 Å². The van der Waals surface area contributed by atoms with Crippen LogP contribution in [0.25, 0.3) is 11.3 Å². The quantitative estimate of drug-likeness (QED) is 0.670. The van der Waals surface area contributed by atoms with Gasteiger partial charge in [0.1, 0.15) is 11.5 Å². The minimum absolute atomic E-state index is 0.229. The maximum absolute atomic E-state index is 14.0. The van der Waals surface area contributed by atoms with Gasteiger partial charge in [-0.05, 0) is 36.8 Å². The first kappa shape index (κ1) is 15.2. The van der Waals surface area contributed by atoms with Crippen LogP contribution in [0.2, 0.25) is 0 Å². The zero-order valence-electron chi connectivity index (χ0n) is 14.5. The van der Waals surface area contributed by atoms with E-state index in [1.54, 1.807) is 6.07 Å². The van der Waals surface area contributed by atoms with Crippen molar-refractivity contribution in [3.8, 4) is 11.3 Å². The maximum atomic E-state index is 14.0. The summed E-state index contributed by atoms with van der Waals surface area (Å²) in [6, 6.07) is 15.4. The lowest BCUT2D eigenvalue weighted by molar-refractivity contribution is 0.425. The van der Waals surface area contributed by atoms with Gasteiger partial charge in [0.25, 0.3) is 0 Å². The Kier molecular flexibility index (Phi) is 3.19. The molecule has 2 aliphatic rings. The number of fused-ring (bicyclic) bond motifs is 6. The molecule has 1 atom stereocenters. The van der Waals surface area contributed by atoms with E-state index in [1.807, 2.05) is 35.4 Å². The van der Waals surface area contributed by atoms with Crippen LogP contribution in [0.5, 0.6) is 0 Å². The summed E-state index contributed by atoms with van der Waals surface area (Å²) in [6.45, 7) is 2.69. The third kappa shape index (κ3) is 2.24. The average molecular weight is 346 g/mol. The van der Waals surface area contributed by atoms with E-state index in [0.29, 0.717) is 6.54 Å². The van der Waals surface area contributed by atoms with Gasteiger partial charge in [0.15, 0.2) is 0 Å². The van der Waals surface area contributed by atoms with Crippen molar-refractivity contribution < 1.29 is 4.39 Å². The summed E-state index contributed by atoms with van der Waals surface area (Å²) in [4.78, 5) is 2.20. The number of rotatable bonds is 0. The fourth-order valence-corrected chi connectivity index (χ4v) is 4.07. The number of anilines is 1. The monoisotopic (exact) mass is 346 g/mol. The molecule has 4 nitrogen and oxygen atoms in total. The van der Waals surface area contributed by atoms with Crippen molar-refractivity contribution in [2.45, 2.75) is 25.6 Å². The molecule has 1 aromatic heterocycles. The smallest absolute Gasteiger partial charge is 0.123 e. The standard InChI is InChI=1S/C21H19FN4/c1-21-13-15-4-2-3-5-18(15)20-8-9-24-26(20)14-16-12-17(22)6-7-19(16)25(21)11-10-23-21/h2-12,23H,13-14H2,1H3/t21-/m1/s1. The molecule has 2 aromatic carbocycles. The summed E-state index contributed by atoms with van der Waals surface area (Å²) in [5.74, 6) is -0.229. The first-order valence-corrected chi connectivity index (χ1v) is 8.76. The van der Waals surface area contributed by atoms with E-state index in [0.717, 1.165) is 23.4 Å². The van der Waals surface area contributed by atoms with E-state index in [2.05, 4.69) is 46.5 Å². The van der Waals surface area contributed by atoms with Crippen LogP contribution in [0, 0.1) is 5.82 Å². The van der Waals surface area contributed by atoms with Crippen molar-refractivity contribution in [2.75, 3.05) is 4.90 Å². The molecular formula is C21H19FN4. The SMILES string of the molecule is C[C@]12Cc3ccccc3-c3ccnn3Cc3cc(F)ccc3N1C=CN2. The number of hydrogen-bond donors (Lipinski definition) is 1. The van der Waals surface area contributed by atoms with Gasteiger partial charge in [-0.25, -0.2) is 4.39 Å². The zero-order valence-corrected chi connectivity index (χ0v) is 14.5. The highest BCUT2D eigenvalue weighted by atomic mass is 19.1. The molecule has 0 radical (unpaired) electrons. The van der Waals surface area contributed by atoms with E-state index in [-0.39, 0.29) is 11.5 Å². The second kappa shape index (κ2) is 5.46. The number of aromatic nitrogens is 2. The fraction of sp³-hybridized carbons (Fsp3) is 0.190. The van der Waals surface area contributed by atoms with Crippen LogP contribution in [0.4, 0.5) is 10.1 Å². The lowest BCUT2D eigenvalue weighted by Crippen LogP contribution is -2.51. The first-order valence-electron chi connectivity index (χ1n) is 8.76. The van der Waals surface area contributed by atoms with Crippen molar-refractivity contribution in [1.82, 2.24) is 15.1 Å². The molecule has 26 heavy (non-hydrogen) atoms. The molecule has 0 saturated heterocycles. The third-order valence-corrected chi connectivity index (χ3v) is 5.32. The highest BCUT2D eigenvalue weighted by molar-refractivity contribution is 5.67. The third-order valence-electron chi connectivity index (χ3n) is 5.32. The molecule has 0 spiro atoms. The van der Waals surface area contributed by atoms with Crippen LogP contribution in [0.3, 0.4) is 0 Å². The molecule has 5 heteroatoms. The van der Waals surface area contributed by atoms with Gasteiger partial charge in [-0.2, -0.15) is 5.10 Å². The van der Waals surface area contributed by atoms with Crippen molar-refractivity contribution >= 4 is 5.69 Å². The summed E-state index contributed by atoms with van der Waals surface area (Å²) in [5.41, 5.74) is 5.07. The van der Waals surface area contributed by atoms with Crippen LogP contribution >= 0.6 is 0 Å². The van der Waals surface area contributed by atoms with Gasteiger partial charge >= 0.3 is 0 Å². The van der Waals surface area contributed by atoms with Gasteiger partial charge in [-0.3, -0.25) is 4.68 Å². The molecule has 0 saturated carbocycles. The highest BCUT2D eigenvalue weighted by Crippen LogP contribution is 2.36. The van der Waals surface area contributed by atoms with Crippen LogP contribution in [-0.4, -0.2) is 15.4 Å². The van der Waals surface area contributed by atoms with Gasteiger partial charge in [0.05, 0.1) is 12.2 Å². The Morgan fingerprint density at radius 3 is 2.92 bits per heavy atom. The Hall–Kier alpha value is -3.08. The largest absolute Gasteiger partial charge is 0.367 e. The molecule has 1 N–H and O–H groups in total. The molecule has 0 fully saturated rings. The Balaban J connectivity index is 1.78. The van der Waals surface area contributed by atoms with Crippen molar-refractivity contribution in [1.29, 1.82) is 0 Å². The van der Waals surface area contributed by atoms with E-state index in [4.69, 9.17) is 0 Å². The second-order valence-electron chi connectivity index (χ2n) is 7.08. The van der Waals surface area contributed by atoms with E-state index < -0.39 is 0 Å². The molecule has 0 amide bonds. The summed E-state index contributed by atoms with van der Waals surface area (Å²) in [5, 5.41) is 8.00. The number of benzene rings is 2. The van der Waals surface area contributed by atoms with Crippen LogP contribution in [0.15, 0.2) is 67.1 Å². The van der Waals surface area contributed by atoms with E-state index >= 15 is 0 Å². The summed E-state index contributed by atoms with van der Waals surface area (Å²) < 4.78 is 16.0. The maximum Gasteiger partial charge on any atom is 0.123 e. The van der Waals surface area contributed by atoms with Gasteiger partial charge < -0.3 is 10.2 Å². The molecular weight excluding hydrogens is 327 g/mol. The topological polar surface area (TPSA) is 33.1 Å².